The van der Waals surface area contributed by atoms with Crippen molar-refractivity contribution in [2.24, 2.45) is 5.92 Å². The summed E-state index contributed by atoms with van der Waals surface area (Å²) in [6, 6.07) is 11.1. The van der Waals surface area contributed by atoms with Crippen molar-refractivity contribution in [1.29, 1.82) is 0 Å². The number of phenolic OH excluding ortho intramolecular Hbond substituents is 1. The fraction of sp³-hybridized carbons (Fsp3) is 0.464. The quantitative estimate of drug-likeness (QED) is 0.292. The summed E-state index contributed by atoms with van der Waals surface area (Å²) >= 11 is 0. The molecule has 0 aliphatic heterocycles. The molecule has 11 heteroatoms. The summed E-state index contributed by atoms with van der Waals surface area (Å²) in [6.45, 7) is 8.02. The fourth-order valence-electron chi connectivity index (χ4n) is 3.65. The van der Waals surface area contributed by atoms with Crippen LogP contribution in [0.3, 0.4) is 0 Å². The molecule has 2 aromatic carbocycles. The lowest BCUT2D eigenvalue weighted by Crippen LogP contribution is -2.61. The number of aromatic hydroxyl groups is 1. The number of halogens is 2. The van der Waals surface area contributed by atoms with Crippen molar-refractivity contribution in [3.63, 3.8) is 0 Å². The topological polar surface area (TPSA) is 137 Å². The number of rotatable bonds is 11. The molecule has 0 bridgehead atoms. The molecule has 0 aliphatic carbocycles. The van der Waals surface area contributed by atoms with Gasteiger partial charge in [0.05, 0.1) is 6.04 Å². The highest BCUT2D eigenvalue weighted by Gasteiger charge is 2.50. The number of benzene rings is 2. The normalized spacial score (nSPS) is 14.2. The number of hydrogen-bond donors (Lipinski definition) is 5. The van der Waals surface area contributed by atoms with Gasteiger partial charge >= 0.3 is 12.0 Å². The van der Waals surface area contributed by atoms with E-state index in [1.165, 1.54) is 24.3 Å². The Morgan fingerprint density at radius 2 is 1.51 bits per heavy atom. The number of alkyl halides is 2. The molecule has 2 unspecified atom stereocenters. The van der Waals surface area contributed by atoms with E-state index in [9.17, 15) is 24.6 Å². The molecule has 2 rings (SSSR count). The van der Waals surface area contributed by atoms with Crippen LogP contribution < -0.4 is 16.0 Å². The first-order valence-electron chi connectivity index (χ1n) is 12.6. The molecule has 3 atom stereocenters. The van der Waals surface area contributed by atoms with Crippen molar-refractivity contribution >= 4 is 17.9 Å². The maximum atomic E-state index is 15.2. The minimum absolute atomic E-state index is 0.0630. The van der Waals surface area contributed by atoms with Crippen LogP contribution in [-0.4, -0.2) is 57.8 Å². The molecule has 5 N–H and O–H groups in total. The Morgan fingerprint density at radius 1 is 0.923 bits per heavy atom. The van der Waals surface area contributed by atoms with Gasteiger partial charge in [0, 0.05) is 6.54 Å². The largest absolute Gasteiger partial charge is 0.508 e. The monoisotopic (exact) mass is 549 g/mol. The summed E-state index contributed by atoms with van der Waals surface area (Å²) in [5, 5.41) is 27.2. The van der Waals surface area contributed by atoms with Crippen molar-refractivity contribution in [3.05, 3.63) is 65.7 Å². The zero-order valence-corrected chi connectivity index (χ0v) is 22.7. The van der Waals surface area contributed by atoms with E-state index >= 15 is 8.78 Å². The van der Waals surface area contributed by atoms with Crippen LogP contribution in [0.5, 0.6) is 5.75 Å². The number of carbonyl (C=O) groups is 3. The molecule has 2 aromatic rings. The van der Waals surface area contributed by atoms with Crippen molar-refractivity contribution < 1.29 is 38.1 Å². The summed E-state index contributed by atoms with van der Waals surface area (Å²) in [4.78, 5) is 37.9. The van der Waals surface area contributed by atoms with Crippen molar-refractivity contribution in [1.82, 2.24) is 16.0 Å². The van der Waals surface area contributed by atoms with Crippen LogP contribution in [0, 0.1) is 5.92 Å². The second-order valence-electron chi connectivity index (χ2n) is 10.6. The maximum Gasteiger partial charge on any atom is 0.408 e. The standard InChI is InChI=1S/C28H37F2N3O6/c1-17(2)22(33-26(38)39-27(3,4)5)24(36)32-21(15-18-11-13-20(34)14-12-18)23(35)28(29,30)25(37)31-16-19-9-7-6-8-10-19/h6-14,17,21-23,34-35H,15-16H2,1-5H3,(H,31,37)(H,32,36)(H,33,38)/t21?,22-,23?/m0/s1. The number of nitrogens with one attached hydrogen (secondary N) is 3. The Kier molecular flexibility index (Phi) is 10.8. The molecule has 0 saturated heterocycles. The van der Waals surface area contributed by atoms with Crippen LogP contribution >= 0.6 is 0 Å². The van der Waals surface area contributed by atoms with E-state index in [0.717, 1.165) is 0 Å². The van der Waals surface area contributed by atoms with E-state index in [1.807, 2.05) is 0 Å². The second-order valence-corrected chi connectivity index (χ2v) is 10.6. The number of aliphatic hydroxyl groups excluding tert-OH is 1. The number of alkyl carbamates (subject to hydrolysis) is 1. The highest BCUT2D eigenvalue weighted by molar-refractivity contribution is 5.87. The predicted octanol–water partition coefficient (Wildman–Crippen LogP) is 3.28. The molecule has 0 spiro atoms. The van der Waals surface area contributed by atoms with Gasteiger partial charge in [-0.2, -0.15) is 8.78 Å². The van der Waals surface area contributed by atoms with Gasteiger partial charge < -0.3 is 30.9 Å². The van der Waals surface area contributed by atoms with E-state index in [0.29, 0.717) is 11.1 Å². The Hall–Kier alpha value is -3.73. The SMILES string of the molecule is CC(C)[C@H](NC(=O)OC(C)(C)C)C(=O)NC(Cc1ccc(O)cc1)C(O)C(F)(F)C(=O)NCc1ccccc1. The molecule has 0 aromatic heterocycles. The van der Waals surface area contributed by atoms with Crippen LogP contribution in [0.15, 0.2) is 54.6 Å². The lowest BCUT2D eigenvalue weighted by molar-refractivity contribution is -0.168. The molecule has 0 aliphatic rings. The van der Waals surface area contributed by atoms with Gasteiger partial charge in [-0.25, -0.2) is 4.79 Å². The lowest BCUT2D eigenvalue weighted by Gasteiger charge is -2.32. The van der Waals surface area contributed by atoms with Crippen LogP contribution in [0.4, 0.5) is 13.6 Å². The predicted molar refractivity (Wildman–Crippen MR) is 141 cm³/mol. The van der Waals surface area contributed by atoms with Gasteiger partial charge in [-0.15, -0.1) is 0 Å². The van der Waals surface area contributed by atoms with Gasteiger partial charge in [0.2, 0.25) is 5.91 Å². The molecule has 0 fully saturated rings. The maximum absolute atomic E-state index is 15.2. The zero-order chi connectivity index (χ0) is 29.4. The summed E-state index contributed by atoms with van der Waals surface area (Å²) in [5.41, 5.74) is 0.145. The third-order valence-electron chi connectivity index (χ3n) is 5.69. The lowest BCUT2D eigenvalue weighted by atomic mass is 9.95. The molecule has 0 radical (unpaired) electrons. The van der Waals surface area contributed by atoms with E-state index in [4.69, 9.17) is 4.74 Å². The number of ether oxygens (including phenoxy) is 1. The molecule has 0 saturated carbocycles. The Bertz CT molecular complexity index is 1100. The minimum atomic E-state index is -4.28. The number of phenols is 1. The average Bonchev–Trinajstić information content (AvgIpc) is 2.85. The van der Waals surface area contributed by atoms with Gasteiger partial charge in [-0.1, -0.05) is 56.3 Å². The summed E-state index contributed by atoms with van der Waals surface area (Å²) in [7, 11) is 0. The molecular weight excluding hydrogens is 512 g/mol. The second kappa shape index (κ2) is 13.4. The first kappa shape index (κ1) is 31.5. The van der Waals surface area contributed by atoms with Crippen LogP contribution in [0.25, 0.3) is 0 Å². The summed E-state index contributed by atoms with van der Waals surface area (Å²) in [5.74, 6) is -7.38. The highest BCUT2D eigenvalue weighted by Crippen LogP contribution is 2.25. The van der Waals surface area contributed by atoms with Gasteiger partial charge in [-0.05, 0) is 56.4 Å². The first-order valence-corrected chi connectivity index (χ1v) is 12.6. The van der Waals surface area contributed by atoms with E-state index in [-0.39, 0.29) is 18.7 Å². The molecule has 214 valence electrons. The van der Waals surface area contributed by atoms with E-state index < -0.39 is 53.5 Å². The van der Waals surface area contributed by atoms with Crippen LogP contribution in [0.2, 0.25) is 0 Å². The van der Waals surface area contributed by atoms with Crippen molar-refractivity contribution in [2.45, 2.75) is 77.3 Å². The van der Waals surface area contributed by atoms with Crippen LogP contribution in [0.1, 0.15) is 45.7 Å². The number of aliphatic hydroxyl groups is 1. The van der Waals surface area contributed by atoms with Crippen molar-refractivity contribution in [3.8, 4) is 5.75 Å². The molecule has 3 amide bonds. The number of amides is 3. The summed E-state index contributed by atoms with van der Waals surface area (Å²) in [6.07, 6.45) is -3.80. The first-order chi connectivity index (χ1) is 18.1. The molecular formula is C28H37F2N3O6. The molecule has 0 heterocycles. The number of carbonyl (C=O) groups excluding carboxylic acids is 3. The van der Waals surface area contributed by atoms with E-state index in [2.05, 4.69) is 16.0 Å². The van der Waals surface area contributed by atoms with E-state index in [1.54, 1.807) is 65.0 Å². The van der Waals surface area contributed by atoms with Gasteiger partial charge in [-0.3, -0.25) is 9.59 Å². The summed E-state index contributed by atoms with van der Waals surface area (Å²) < 4.78 is 35.6. The van der Waals surface area contributed by atoms with Crippen molar-refractivity contribution in [2.75, 3.05) is 0 Å². The number of hydrogen-bond acceptors (Lipinski definition) is 6. The average molecular weight is 550 g/mol. The fourth-order valence-corrected chi connectivity index (χ4v) is 3.65. The Balaban J connectivity index is 2.26. The van der Waals surface area contributed by atoms with Gasteiger partial charge in [0.25, 0.3) is 5.91 Å². The third-order valence-corrected chi connectivity index (χ3v) is 5.69. The highest BCUT2D eigenvalue weighted by atomic mass is 19.3. The van der Waals surface area contributed by atoms with Crippen LogP contribution in [-0.2, 0) is 27.3 Å². The van der Waals surface area contributed by atoms with Gasteiger partial charge in [0.1, 0.15) is 23.5 Å². The zero-order valence-electron chi connectivity index (χ0n) is 22.7. The smallest absolute Gasteiger partial charge is 0.408 e. The minimum Gasteiger partial charge on any atom is -0.508 e. The third kappa shape index (κ3) is 9.82. The Morgan fingerprint density at radius 3 is 2.05 bits per heavy atom. The molecule has 39 heavy (non-hydrogen) atoms. The molecule has 9 nitrogen and oxygen atoms in total. The Labute approximate surface area is 226 Å². The van der Waals surface area contributed by atoms with Gasteiger partial charge in [0.15, 0.2) is 0 Å².